The fraction of sp³-hybridized carbons (Fsp3) is 0.562. The molecule has 1 unspecified atom stereocenters. The monoisotopic (exact) mass is 292 g/mol. The minimum atomic E-state index is -0.414. The van der Waals surface area contributed by atoms with Gasteiger partial charge in [-0.2, -0.15) is 0 Å². The van der Waals surface area contributed by atoms with Crippen molar-refractivity contribution in [2.75, 3.05) is 25.5 Å². The molecule has 0 bridgehead atoms. The minimum absolute atomic E-state index is 0.210. The zero-order valence-corrected chi connectivity index (χ0v) is 12.9. The number of rotatable bonds is 6. The van der Waals surface area contributed by atoms with Crippen LogP contribution in [0.15, 0.2) is 18.2 Å². The van der Waals surface area contributed by atoms with Crippen LogP contribution in [0.25, 0.3) is 0 Å². The van der Waals surface area contributed by atoms with E-state index in [4.69, 9.17) is 4.74 Å². The molecule has 1 aliphatic carbocycles. The third kappa shape index (κ3) is 4.36. The highest BCUT2D eigenvalue weighted by Gasteiger charge is 2.31. The number of hydrogen-bond acceptors (Lipinski definition) is 3. The summed E-state index contributed by atoms with van der Waals surface area (Å²) in [5, 5.41) is 12.7. The van der Waals surface area contributed by atoms with Gasteiger partial charge in [-0.3, -0.25) is 0 Å². The number of aliphatic hydroxyl groups excluding tert-OH is 1. The van der Waals surface area contributed by atoms with Crippen molar-refractivity contribution in [3.8, 4) is 5.75 Å². The second kappa shape index (κ2) is 6.80. The lowest BCUT2D eigenvalue weighted by molar-refractivity contribution is 0.117. The molecule has 2 amide bonds. The number of likely N-dealkylation sites (N-methyl/N-ethyl adjacent to an activating group) is 1. The van der Waals surface area contributed by atoms with Crippen LogP contribution in [0.3, 0.4) is 0 Å². The minimum Gasteiger partial charge on any atom is -0.494 e. The summed E-state index contributed by atoms with van der Waals surface area (Å²) < 4.78 is 5.47. The van der Waals surface area contributed by atoms with Gasteiger partial charge in [0.25, 0.3) is 0 Å². The number of ether oxygens (including phenoxy) is 1. The van der Waals surface area contributed by atoms with Crippen molar-refractivity contribution >= 4 is 11.7 Å². The number of amides is 2. The van der Waals surface area contributed by atoms with Gasteiger partial charge in [0.05, 0.1) is 12.7 Å². The van der Waals surface area contributed by atoms with Crippen LogP contribution in [0.5, 0.6) is 5.75 Å². The number of hydrogen-bond donors (Lipinski definition) is 2. The van der Waals surface area contributed by atoms with E-state index < -0.39 is 6.10 Å². The Morgan fingerprint density at radius 2 is 2.24 bits per heavy atom. The highest BCUT2D eigenvalue weighted by Crippen LogP contribution is 2.32. The summed E-state index contributed by atoms with van der Waals surface area (Å²) in [4.78, 5) is 13.6. The standard InChI is InChI=1S/C16H24N2O3/c1-4-21-15-8-7-13(9-11(15)2)17-16(20)18(3)10-14(19)12-5-6-12/h7-9,12,14,19H,4-6,10H2,1-3H3,(H,17,20). The number of aryl methyl sites for hydroxylation is 1. The molecular weight excluding hydrogens is 268 g/mol. The van der Waals surface area contributed by atoms with E-state index in [0.29, 0.717) is 19.1 Å². The van der Waals surface area contributed by atoms with Gasteiger partial charge in [-0.15, -0.1) is 0 Å². The SMILES string of the molecule is CCOc1ccc(NC(=O)N(C)CC(O)C2CC2)cc1C. The predicted molar refractivity (Wildman–Crippen MR) is 82.7 cm³/mol. The fourth-order valence-electron chi connectivity index (χ4n) is 2.26. The zero-order chi connectivity index (χ0) is 15.4. The molecule has 0 aliphatic heterocycles. The van der Waals surface area contributed by atoms with Crippen LogP contribution in [0.2, 0.25) is 0 Å². The number of urea groups is 1. The Balaban J connectivity index is 1.90. The first kappa shape index (κ1) is 15.6. The molecule has 0 heterocycles. The largest absolute Gasteiger partial charge is 0.494 e. The smallest absolute Gasteiger partial charge is 0.321 e. The summed E-state index contributed by atoms with van der Waals surface area (Å²) in [6.07, 6.45) is 1.71. The van der Waals surface area contributed by atoms with Crippen molar-refractivity contribution in [2.45, 2.75) is 32.8 Å². The van der Waals surface area contributed by atoms with E-state index in [-0.39, 0.29) is 6.03 Å². The van der Waals surface area contributed by atoms with Gasteiger partial charge in [0, 0.05) is 19.3 Å². The van der Waals surface area contributed by atoms with Gasteiger partial charge in [-0.1, -0.05) is 0 Å². The molecule has 2 N–H and O–H groups in total. The number of benzene rings is 1. The maximum Gasteiger partial charge on any atom is 0.321 e. The van der Waals surface area contributed by atoms with Gasteiger partial charge in [-0.05, 0) is 56.4 Å². The first-order chi connectivity index (χ1) is 10.0. The maximum atomic E-state index is 12.1. The molecule has 0 saturated heterocycles. The van der Waals surface area contributed by atoms with Crippen LogP contribution >= 0.6 is 0 Å². The number of nitrogens with zero attached hydrogens (tertiary/aromatic N) is 1. The lowest BCUT2D eigenvalue weighted by atomic mass is 10.2. The average molecular weight is 292 g/mol. The average Bonchev–Trinajstić information content (AvgIpc) is 3.26. The first-order valence-electron chi connectivity index (χ1n) is 7.45. The third-order valence-corrected chi connectivity index (χ3v) is 3.70. The third-order valence-electron chi connectivity index (χ3n) is 3.70. The van der Waals surface area contributed by atoms with E-state index in [2.05, 4.69) is 5.32 Å². The number of carbonyl (C=O) groups is 1. The summed E-state index contributed by atoms with van der Waals surface area (Å²) in [6, 6.07) is 5.35. The van der Waals surface area contributed by atoms with Gasteiger partial charge >= 0.3 is 6.03 Å². The van der Waals surface area contributed by atoms with Gasteiger partial charge in [0.15, 0.2) is 0 Å². The summed E-state index contributed by atoms with van der Waals surface area (Å²) in [7, 11) is 1.70. The van der Waals surface area contributed by atoms with E-state index >= 15 is 0 Å². The Morgan fingerprint density at radius 3 is 2.81 bits per heavy atom. The number of nitrogens with one attached hydrogen (secondary N) is 1. The van der Waals surface area contributed by atoms with Crippen molar-refractivity contribution in [3.05, 3.63) is 23.8 Å². The van der Waals surface area contributed by atoms with E-state index in [1.165, 1.54) is 4.90 Å². The van der Waals surface area contributed by atoms with Crippen LogP contribution in [-0.2, 0) is 0 Å². The number of carbonyl (C=O) groups excluding carboxylic acids is 1. The molecule has 116 valence electrons. The first-order valence-corrected chi connectivity index (χ1v) is 7.45. The number of aliphatic hydroxyl groups is 1. The van der Waals surface area contributed by atoms with Crippen LogP contribution < -0.4 is 10.1 Å². The van der Waals surface area contributed by atoms with Gasteiger partial charge in [0.1, 0.15) is 5.75 Å². The fourth-order valence-corrected chi connectivity index (χ4v) is 2.26. The summed E-state index contributed by atoms with van der Waals surface area (Å²) in [5.41, 5.74) is 1.71. The Labute approximate surface area is 125 Å². The lowest BCUT2D eigenvalue weighted by Crippen LogP contribution is -2.38. The zero-order valence-electron chi connectivity index (χ0n) is 12.9. The van der Waals surface area contributed by atoms with E-state index in [1.54, 1.807) is 7.05 Å². The molecule has 21 heavy (non-hydrogen) atoms. The molecule has 5 nitrogen and oxygen atoms in total. The topological polar surface area (TPSA) is 61.8 Å². The quantitative estimate of drug-likeness (QED) is 0.847. The van der Waals surface area contributed by atoms with Crippen LogP contribution in [0.4, 0.5) is 10.5 Å². The van der Waals surface area contributed by atoms with Crippen LogP contribution in [-0.4, -0.2) is 42.3 Å². The molecule has 1 aromatic carbocycles. The second-order valence-corrected chi connectivity index (χ2v) is 5.63. The lowest BCUT2D eigenvalue weighted by Gasteiger charge is -2.21. The molecule has 0 spiro atoms. The van der Waals surface area contributed by atoms with Crippen molar-refractivity contribution in [1.82, 2.24) is 4.90 Å². The Morgan fingerprint density at radius 1 is 1.52 bits per heavy atom. The predicted octanol–water partition coefficient (Wildman–Crippen LogP) is 2.63. The summed E-state index contributed by atoms with van der Waals surface area (Å²) in [6.45, 7) is 4.87. The van der Waals surface area contributed by atoms with E-state index in [1.807, 2.05) is 32.0 Å². The molecule has 1 saturated carbocycles. The van der Waals surface area contributed by atoms with Crippen molar-refractivity contribution < 1.29 is 14.6 Å². The molecule has 5 heteroatoms. The molecule has 1 aromatic rings. The highest BCUT2D eigenvalue weighted by molar-refractivity contribution is 5.89. The van der Waals surface area contributed by atoms with Gasteiger partial charge < -0.3 is 20.1 Å². The molecule has 1 aliphatic rings. The van der Waals surface area contributed by atoms with E-state index in [9.17, 15) is 9.90 Å². The van der Waals surface area contributed by atoms with Crippen molar-refractivity contribution in [1.29, 1.82) is 0 Å². The molecule has 1 fully saturated rings. The Kier molecular flexibility index (Phi) is 5.07. The Bertz CT molecular complexity index is 500. The number of anilines is 1. The molecule has 0 radical (unpaired) electrons. The summed E-state index contributed by atoms with van der Waals surface area (Å²) in [5.74, 6) is 1.20. The van der Waals surface area contributed by atoms with Crippen LogP contribution in [0.1, 0.15) is 25.3 Å². The normalized spacial score (nSPS) is 15.4. The van der Waals surface area contributed by atoms with Gasteiger partial charge in [-0.25, -0.2) is 4.79 Å². The van der Waals surface area contributed by atoms with E-state index in [0.717, 1.165) is 29.8 Å². The summed E-state index contributed by atoms with van der Waals surface area (Å²) >= 11 is 0. The molecular formula is C16H24N2O3. The van der Waals surface area contributed by atoms with Crippen molar-refractivity contribution in [2.24, 2.45) is 5.92 Å². The molecule has 0 aromatic heterocycles. The maximum absolute atomic E-state index is 12.1. The van der Waals surface area contributed by atoms with Gasteiger partial charge in [0.2, 0.25) is 0 Å². The molecule has 1 atom stereocenters. The van der Waals surface area contributed by atoms with Crippen LogP contribution in [0, 0.1) is 12.8 Å². The second-order valence-electron chi connectivity index (χ2n) is 5.63. The van der Waals surface area contributed by atoms with Crippen molar-refractivity contribution in [3.63, 3.8) is 0 Å². The highest BCUT2D eigenvalue weighted by atomic mass is 16.5. The Hall–Kier alpha value is -1.75. The molecule has 2 rings (SSSR count).